The van der Waals surface area contributed by atoms with Gasteiger partial charge in [-0.05, 0) is 55.8 Å². The first-order valence-electron chi connectivity index (χ1n) is 8.98. The molecule has 2 aromatic carbocycles. The van der Waals surface area contributed by atoms with Gasteiger partial charge in [-0.2, -0.15) is 0 Å². The zero-order chi connectivity index (χ0) is 19.4. The van der Waals surface area contributed by atoms with Gasteiger partial charge < -0.3 is 14.6 Å². The SMILES string of the molecule is COc1ccc(OC)c(C(c2ccccc2Br)N2CCC(C(=O)O)CC2)c1. The van der Waals surface area contributed by atoms with Crippen molar-refractivity contribution in [1.29, 1.82) is 0 Å². The van der Waals surface area contributed by atoms with Crippen molar-refractivity contribution < 1.29 is 19.4 Å². The summed E-state index contributed by atoms with van der Waals surface area (Å²) in [7, 11) is 3.32. The first-order chi connectivity index (χ1) is 13.0. The highest BCUT2D eigenvalue weighted by Gasteiger charge is 2.32. The van der Waals surface area contributed by atoms with Gasteiger partial charge in [-0.3, -0.25) is 9.69 Å². The van der Waals surface area contributed by atoms with Crippen LogP contribution in [0, 0.1) is 5.92 Å². The Labute approximate surface area is 168 Å². The van der Waals surface area contributed by atoms with Crippen LogP contribution >= 0.6 is 15.9 Å². The summed E-state index contributed by atoms with van der Waals surface area (Å²) in [5.41, 5.74) is 2.13. The van der Waals surface area contributed by atoms with Crippen molar-refractivity contribution in [2.75, 3.05) is 27.3 Å². The number of hydrogen-bond donors (Lipinski definition) is 1. The minimum absolute atomic E-state index is 0.0552. The van der Waals surface area contributed by atoms with Gasteiger partial charge in [0.25, 0.3) is 0 Å². The van der Waals surface area contributed by atoms with Gasteiger partial charge >= 0.3 is 5.97 Å². The van der Waals surface area contributed by atoms with Crippen molar-refractivity contribution >= 4 is 21.9 Å². The molecule has 1 atom stereocenters. The number of carboxylic acid groups (broad SMARTS) is 1. The van der Waals surface area contributed by atoms with E-state index in [1.165, 1.54) is 0 Å². The molecule has 1 fully saturated rings. The van der Waals surface area contributed by atoms with Crippen LogP contribution in [0.25, 0.3) is 0 Å². The van der Waals surface area contributed by atoms with Crippen molar-refractivity contribution in [3.8, 4) is 11.5 Å². The summed E-state index contributed by atoms with van der Waals surface area (Å²) in [6.07, 6.45) is 1.28. The Morgan fingerprint density at radius 2 is 1.81 bits per heavy atom. The smallest absolute Gasteiger partial charge is 0.306 e. The number of rotatable bonds is 6. The molecule has 0 aliphatic carbocycles. The van der Waals surface area contributed by atoms with Crippen LogP contribution in [0.4, 0.5) is 0 Å². The largest absolute Gasteiger partial charge is 0.497 e. The maximum atomic E-state index is 11.3. The molecule has 0 aromatic heterocycles. The summed E-state index contributed by atoms with van der Waals surface area (Å²) in [6, 6.07) is 13.9. The van der Waals surface area contributed by atoms with Gasteiger partial charge in [0.2, 0.25) is 0 Å². The normalized spacial score (nSPS) is 16.7. The Morgan fingerprint density at radius 3 is 2.41 bits per heavy atom. The van der Waals surface area contributed by atoms with Gasteiger partial charge in [0.1, 0.15) is 11.5 Å². The number of halogens is 1. The second-order valence-corrected chi connectivity index (χ2v) is 7.53. The molecule has 1 unspecified atom stereocenters. The number of aliphatic carboxylic acids is 1. The molecule has 27 heavy (non-hydrogen) atoms. The first kappa shape index (κ1) is 19.7. The fraction of sp³-hybridized carbons (Fsp3) is 0.381. The number of benzene rings is 2. The van der Waals surface area contributed by atoms with Gasteiger partial charge in [0, 0.05) is 10.0 Å². The van der Waals surface area contributed by atoms with Gasteiger partial charge in [0.15, 0.2) is 0 Å². The van der Waals surface area contributed by atoms with Crippen LogP contribution < -0.4 is 9.47 Å². The van der Waals surface area contributed by atoms with E-state index >= 15 is 0 Å². The third kappa shape index (κ3) is 4.28. The van der Waals surface area contributed by atoms with E-state index < -0.39 is 5.97 Å². The number of hydrogen-bond acceptors (Lipinski definition) is 4. The van der Waals surface area contributed by atoms with Crippen LogP contribution in [0.3, 0.4) is 0 Å². The van der Waals surface area contributed by atoms with Crippen molar-refractivity contribution in [2.24, 2.45) is 5.92 Å². The second kappa shape index (κ2) is 8.76. The van der Waals surface area contributed by atoms with E-state index in [1.54, 1.807) is 14.2 Å². The molecular formula is C21H24BrNO4. The molecule has 1 aliphatic heterocycles. The molecule has 1 N–H and O–H groups in total. The predicted octanol–water partition coefficient (Wildman–Crippen LogP) is 4.35. The van der Waals surface area contributed by atoms with Crippen LogP contribution in [0.2, 0.25) is 0 Å². The highest BCUT2D eigenvalue weighted by atomic mass is 79.9. The highest BCUT2D eigenvalue weighted by molar-refractivity contribution is 9.10. The Kier molecular flexibility index (Phi) is 6.39. The van der Waals surface area contributed by atoms with Crippen LogP contribution in [0.5, 0.6) is 11.5 Å². The Balaban J connectivity index is 2.04. The minimum atomic E-state index is -0.703. The molecule has 0 spiro atoms. The molecule has 1 aliphatic rings. The lowest BCUT2D eigenvalue weighted by Crippen LogP contribution is -2.39. The molecule has 0 radical (unpaired) electrons. The molecule has 0 amide bonds. The number of carbonyl (C=O) groups is 1. The monoisotopic (exact) mass is 433 g/mol. The predicted molar refractivity (Wildman–Crippen MR) is 107 cm³/mol. The zero-order valence-electron chi connectivity index (χ0n) is 15.5. The molecule has 1 heterocycles. The molecule has 144 valence electrons. The van der Waals surface area contributed by atoms with E-state index in [9.17, 15) is 9.90 Å². The number of ether oxygens (including phenoxy) is 2. The Bertz CT molecular complexity index is 803. The van der Waals surface area contributed by atoms with E-state index in [0.29, 0.717) is 25.9 Å². The molecule has 2 aromatic rings. The summed E-state index contributed by atoms with van der Waals surface area (Å²) in [6.45, 7) is 1.42. The quantitative estimate of drug-likeness (QED) is 0.733. The molecule has 6 heteroatoms. The van der Waals surface area contributed by atoms with Crippen molar-refractivity contribution in [2.45, 2.75) is 18.9 Å². The van der Waals surface area contributed by atoms with E-state index in [4.69, 9.17) is 9.47 Å². The van der Waals surface area contributed by atoms with Gasteiger partial charge in [0.05, 0.1) is 26.2 Å². The van der Waals surface area contributed by atoms with Crippen molar-refractivity contribution in [1.82, 2.24) is 4.90 Å². The summed E-state index contributed by atoms with van der Waals surface area (Å²) >= 11 is 3.69. The number of methoxy groups -OCH3 is 2. The summed E-state index contributed by atoms with van der Waals surface area (Å²) in [5.74, 6) is 0.583. The standard InChI is InChI=1S/C21H24BrNO4/c1-26-15-7-8-19(27-2)17(13-15)20(16-5-3-4-6-18(16)22)23-11-9-14(10-12-23)21(24)25/h3-8,13-14,20H,9-12H2,1-2H3,(H,24,25). The summed E-state index contributed by atoms with van der Waals surface area (Å²) < 4.78 is 12.1. The number of piperidine rings is 1. The number of carboxylic acids is 1. The van der Waals surface area contributed by atoms with E-state index in [1.807, 2.05) is 36.4 Å². The zero-order valence-corrected chi connectivity index (χ0v) is 17.1. The average Bonchev–Trinajstić information content (AvgIpc) is 2.70. The number of likely N-dealkylation sites (tertiary alicyclic amines) is 1. The van der Waals surface area contributed by atoms with E-state index in [-0.39, 0.29) is 12.0 Å². The third-order valence-electron chi connectivity index (χ3n) is 5.18. The molecule has 5 nitrogen and oxygen atoms in total. The van der Waals surface area contributed by atoms with Crippen molar-refractivity contribution in [3.05, 3.63) is 58.1 Å². The van der Waals surface area contributed by atoms with Gasteiger partial charge in [-0.15, -0.1) is 0 Å². The average molecular weight is 434 g/mol. The lowest BCUT2D eigenvalue weighted by molar-refractivity contribution is -0.143. The van der Waals surface area contributed by atoms with Crippen molar-refractivity contribution in [3.63, 3.8) is 0 Å². The summed E-state index contributed by atoms with van der Waals surface area (Å²) in [4.78, 5) is 13.7. The van der Waals surface area contributed by atoms with Crippen LogP contribution in [0.1, 0.15) is 30.0 Å². The fourth-order valence-corrected chi connectivity index (χ4v) is 4.22. The first-order valence-corrected chi connectivity index (χ1v) is 9.77. The molecule has 3 rings (SSSR count). The minimum Gasteiger partial charge on any atom is -0.497 e. The van der Waals surface area contributed by atoms with Crippen LogP contribution in [-0.4, -0.2) is 43.3 Å². The maximum absolute atomic E-state index is 11.3. The van der Waals surface area contributed by atoms with Gasteiger partial charge in [-0.1, -0.05) is 34.1 Å². The molecule has 0 saturated carbocycles. The lowest BCUT2D eigenvalue weighted by atomic mass is 9.91. The van der Waals surface area contributed by atoms with E-state index in [0.717, 1.165) is 27.1 Å². The Morgan fingerprint density at radius 1 is 1.11 bits per heavy atom. The summed E-state index contributed by atoms with van der Waals surface area (Å²) in [5, 5.41) is 9.33. The van der Waals surface area contributed by atoms with Crippen LogP contribution in [0.15, 0.2) is 46.9 Å². The van der Waals surface area contributed by atoms with Crippen LogP contribution in [-0.2, 0) is 4.79 Å². The Hall–Kier alpha value is -2.05. The second-order valence-electron chi connectivity index (χ2n) is 6.68. The fourth-order valence-electron chi connectivity index (χ4n) is 3.72. The number of nitrogens with zero attached hydrogens (tertiary/aromatic N) is 1. The molecular weight excluding hydrogens is 410 g/mol. The topological polar surface area (TPSA) is 59.0 Å². The third-order valence-corrected chi connectivity index (χ3v) is 5.90. The molecule has 0 bridgehead atoms. The maximum Gasteiger partial charge on any atom is 0.306 e. The highest BCUT2D eigenvalue weighted by Crippen LogP contribution is 2.41. The molecule has 1 saturated heterocycles. The lowest BCUT2D eigenvalue weighted by Gasteiger charge is -2.38. The van der Waals surface area contributed by atoms with Gasteiger partial charge in [-0.25, -0.2) is 0 Å². The van der Waals surface area contributed by atoms with E-state index in [2.05, 4.69) is 26.9 Å².